The van der Waals surface area contributed by atoms with Crippen LogP contribution in [-0.2, 0) is 4.74 Å². The Morgan fingerprint density at radius 3 is 2.45 bits per heavy atom. The average molecular weight is 157 g/mol. The first-order valence-corrected chi connectivity index (χ1v) is 4.32. The summed E-state index contributed by atoms with van der Waals surface area (Å²) < 4.78 is 5.32. The number of hydrogen-bond donors (Lipinski definition) is 1. The van der Waals surface area contributed by atoms with Crippen molar-refractivity contribution in [2.75, 3.05) is 7.11 Å². The summed E-state index contributed by atoms with van der Waals surface area (Å²) in [5, 5.41) is 0. The van der Waals surface area contributed by atoms with E-state index >= 15 is 0 Å². The van der Waals surface area contributed by atoms with Gasteiger partial charge in [0.2, 0.25) is 0 Å². The predicted molar refractivity (Wildman–Crippen MR) is 46.4 cm³/mol. The highest BCUT2D eigenvalue weighted by molar-refractivity contribution is 4.86. The maximum absolute atomic E-state index is 5.90. The molecule has 1 fully saturated rings. The van der Waals surface area contributed by atoms with E-state index in [-0.39, 0.29) is 0 Å². The SMILES string of the molecule is CO[C@@H]1C[C@@H](N)CC(C)(C)C1. The summed E-state index contributed by atoms with van der Waals surface area (Å²) in [6, 6.07) is 0.337. The fourth-order valence-corrected chi connectivity index (χ4v) is 2.09. The van der Waals surface area contributed by atoms with E-state index in [4.69, 9.17) is 10.5 Å². The van der Waals surface area contributed by atoms with Crippen LogP contribution in [0.4, 0.5) is 0 Å². The Hall–Kier alpha value is -0.0800. The first-order chi connectivity index (χ1) is 5.03. The van der Waals surface area contributed by atoms with E-state index in [1.54, 1.807) is 7.11 Å². The molecule has 0 spiro atoms. The van der Waals surface area contributed by atoms with Crippen LogP contribution in [0.2, 0.25) is 0 Å². The molecule has 0 bridgehead atoms. The number of nitrogens with two attached hydrogens (primary N) is 1. The first kappa shape index (κ1) is 9.01. The van der Waals surface area contributed by atoms with E-state index in [1.807, 2.05) is 0 Å². The van der Waals surface area contributed by atoms with E-state index in [2.05, 4.69) is 13.8 Å². The van der Waals surface area contributed by atoms with Crippen LogP contribution in [0.3, 0.4) is 0 Å². The topological polar surface area (TPSA) is 35.2 Å². The summed E-state index contributed by atoms with van der Waals surface area (Å²) in [4.78, 5) is 0. The van der Waals surface area contributed by atoms with E-state index in [1.165, 1.54) is 0 Å². The smallest absolute Gasteiger partial charge is 0.0591 e. The Labute approximate surface area is 69.1 Å². The molecule has 1 saturated carbocycles. The zero-order valence-corrected chi connectivity index (χ0v) is 7.76. The fraction of sp³-hybridized carbons (Fsp3) is 1.00. The van der Waals surface area contributed by atoms with Crippen LogP contribution >= 0.6 is 0 Å². The van der Waals surface area contributed by atoms with Gasteiger partial charge >= 0.3 is 0 Å². The van der Waals surface area contributed by atoms with Crippen molar-refractivity contribution in [2.24, 2.45) is 11.1 Å². The molecule has 2 heteroatoms. The van der Waals surface area contributed by atoms with Gasteiger partial charge in [0.1, 0.15) is 0 Å². The van der Waals surface area contributed by atoms with Gasteiger partial charge in [0.25, 0.3) is 0 Å². The summed E-state index contributed by atoms with van der Waals surface area (Å²) in [7, 11) is 1.78. The van der Waals surface area contributed by atoms with Gasteiger partial charge in [-0.25, -0.2) is 0 Å². The lowest BCUT2D eigenvalue weighted by Crippen LogP contribution is -2.40. The third kappa shape index (κ3) is 2.46. The van der Waals surface area contributed by atoms with Crippen LogP contribution in [0.1, 0.15) is 33.1 Å². The van der Waals surface area contributed by atoms with Crippen molar-refractivity contribution < 1.29 is 4.74 Å². The highest BCUT2D eigenvalue weighted by Crippen LogP contribution is 2.35. The molecule has 0 aliphatic heterocycles. The Balaban J connectivity index is 2.51. The molecule has 2 N–H and O–H groups in total. The number of hydrogen-bond acceptors (Lipinski definition) is 2. The van der Waals surface area contributed by atoms with Crippen molar-refractivity contribution in [3.8, 4) is 0 Å². The Morgan fingerprint density at radius 2 is 2.00 bits per heavy atom. The highest BCUT2D eigenvalue weighted by atomic mass is 16.5. The molecule has 0 aromatic rings. The van der Waals surface area contributed by atoms with Gasteiger partial charge in [-0.05, 0) is 24.7 Å². The number of rotatable bonds is 1. The van der Waals surface area contributed by atoms with E-state index in [0.717, 1.165) is 19.3 Å². The van der Waals surface area contributed by atoms with Crippen LogP contribution < -0.4 is 5.73 Å². The van der Waals surface area contributed by atoms with Gasteiger partial charge < -0.3 is 10.5 Å². The molecule has 1 aliphatic rings. The molecular weight excluding hydrogens is 138 g/mol. The average Bonchev–Trinajstić information content (AvgIpc) is 1.83. The Bertz CT molecular complexity index is 134. The van der Waals surface area contributed by atoms with Crippen molar-refractivity contribution in [1.82, 2.24) is 0 Å². The van der Waals surface area contributed by atoms with Gasteiger partial charge in [-0.15, -0.1) is 0 Å². The predicted octanol–water partition coefficient (Wildman–Crippen LogP) is 1.54. The summed E-state index contributed by atoms with van der Waals surface area (Å²) in [6.45, 7) is 4.52. The molecule has 66 valence electrons. The lowest BCUT2D eigenvalue weighted by molar-refractivity contribution is 0.0179. The Kier molecular flexibility index (Phi) is 2.55. The van der Waals surface area contributed by atoms with Crippen LogP contribution in [0.5, 0.6) is 0 Å². The van der Waals surface area contributed by atoms with E-state index in [9.17, 15) is 0 Å². The minimum atomic E-state index is 0.337. The molecule has 0 saturated heterocycles. The maximum Gasteiger partial charge on any atom is 0.0591 e. The van der Waals surface area contributed by atoms with Gasteiger partial charge in [-0.3, -0.25) is 0 Å². The molecule has 0 aromatic heterocycles. The lowest BCUT2D eigenvalue weighted by atomic mass is 9.74. The second kappa shape index (κ2) is 3.11. The van der Waals surface area contributed by atoms with Crippen LogP contribution in [0.25, 0.3) is 0 Å². The lowest BCUT2D eigenvalue weighted by Gasteiger charge is -2.37. The third-order valence-electron chi connectivity index (χ3n) is 2.49. The third-order valence-corrected chi connectivity index (χ3v) is 2.49. The number of ether oxygens (including phenoxy) is 1. The van der Waals surface area contributed by atoms with Crippen molar-refractivity contribution >= 4 is 0 Å². The van der Waals surface area contributed by atoms with Crippen LogP contribution in [0, 0.1) is 5.41 Å². The van der Waals surface area contributed by atoms with Crippen molar-refractivity contribution in [3.63, 3.8) is 0 Å². The molecule has 0 aromatic carbocycles. The van der Waals surface area contributed by atoms with Crippen molar-refractivity contribution in [2.45, 2.75) is 45.3 Å². The van der Waals surface area contributed by atoms with E-state index < -0.39 is 0 Å². The monoisotopic (exact) mass is 157 g/mol. The van der Waals surface area contributed by atoms with Gasteiger partial charge in [0, 0.05) is 13.2 Å². The van der Waals surface area contributed by atoms with Gasteiger partial charge in [0.15, 0.2) is 0 Å². The summed E-state index contributed by atoms with van der Waals surface area (Å²) in [6.07, 6.45) is 3.69. The van der Waals surface area contributed by atoms with Crippen molar-refractivity contribution in [3.05, 3.63) is 0 Å². The van der Waals surface area contributed by atoms with Crippen molar-refractivity contribution in [1.29, 1.82) is 0 Å². The zero-order chi connectivity index (χ0) is 8.48. The summed E-state index contributed by atoms with van der Waals surface area (Å²) in [5.41, 5.74) is 6.27. The minimum Gasteiger partial charge on any atom is -0.381 e. The highest BCUT2D eigenvalue weighted by Gasteiger charge is 2.32. The molecular formula is C9H19NO. The number of methoxy groups -OCH3 is 1. The minimum absolute atomic E-state index is 0.337. The molecule has 0 amide bonds. The standard InChI is InChI=1S/C9H19NO/c1-9(2)5-7(10)4-8(6-9)11-3/h7-8H,4-6,10H2,1-3H3/t7-,8-/m1/s1. The normalized spacial score (nSPS) is 37.1. The second-order valence-corrected chi connectivity index (χ2v) is 4.43. The van der Waals surface area contributed by atoms with Gasteiger partial charge in [0.05, 0.1) is 6.10 Å². The molecule has 0 radical (unpaired) electrons. The fourth-order valence-electron chi connectivity index (χ4n) is 2.09. The van der Waals surface area contributed by atoms with Crippen LogP contribution in [0.15, 0.2) is 0 Å². The van der Waals surface area contributed by atoms with Gasteiger partial charge in [-0.1, -0.05) is 13.8 Å². The Morgan fingerprint density at radius 1 is 1.36 bits per heavy atom. The maximum atomic E-state index is 5.90. The van der Waals surface area contributed by atoms with Gasteiger partial charge in [-0.2, -0.15) is 0 Å². The molecule has 0 heterocycles. The first-order valence-electron chi connectivity index (χ1n) is 4.32. The molecule has 2 atom stereocenters. The second-order valence-electron chi connectivity index (χ2n) is 4.43. The largest absolute Gasteiger partial charge is 0.381 e. The molecule has 0 unspecified atom stereocenters. The molecule has 11 heavy (non-hydrogen) atoms. The van der Waals surface area contributed by atoms with E-state index in [0.29, 0.717) is 17.6 Å². The molecule has 1 rings (SSSR count). The van der Waals surface area contributed by atoms with Crippen LogP contribution in [-0.4, -0.2) is 19.3 Å². The quantitative estimate of drug-likeness (QED) is 0.626. The molecule has 1 aliphatic carbocycles. The summed E-state index contributed by atoms with van der Waals surface area (Å²) >= 11 is 0. The molecule has 2 nitrogen and oxygen atoms in total. The zero-order valence-electron chi connectivity index (χ0n) is 7.76. The summed E-state index contributed by atoms with van der Waals surface area (Å²) in [5.74, 6) is 0.